The molecule has 1 fully saturated rings. The SMILES string of the molecule is FCCO/N=C(\c1ccc(F)c(F)c1)c1ccc(CN2CCC3(CC2)OCc2ccncc23)cn1. The van der Waals surface area contributed by atoms with Crippen LogP contribution < -0.4 is 0 Å². The Kier molecular flexibility index (Phi) is 6.79. The first-order valence-corrected chi connectivity index (χ1v) is 11.5. The van der Waals surface area contributed by atoms with Crippen LogP contribution in [-0.2, 0) is 28.3 Å². The maximum atomic E-state index is 13.8. The minimum absolute atomic E-state index is 0.203. The van der Waals surface area contributed by atoms with E-state index >= 15 is 0 Å². The van der Waals surface area contributed by atoms with Gasteiger partial charge >= 0.3 is 0 Å². The predicted octanol–water partition coefficient (Wildman–Crippen LogP) is 4.51. The van der Waals surface area contributed by atoms with Crippen LogP contribution in [0, 0.1) is 11.6 Å². The number of benzene rings is 1. The topological polar surface area (TPSA) is 59.8 Å². The van der Waals surface area contributed by atoms with E-state index in [0.29, 0.717) is 12.3 Å². The lowest BCUT2D eigenvalue weighted by molar-refractivity contribution is -0.0800. The Bertz CT molecular complexity index is 1210. The summed E-state index contributed by atoms with van der Waals surface area (Å²) in [5, 5.41) is 3.92. The minimum Gasteiger partial charge on any atom is -0.392 e. The molecule has 0 N–H and O–H groups in total. The molecule has 3 aromatic rings. The Labute approximate surface area is 201 Å². The van der Waals surface area contributed by atoms with Gasteiger partial charge in [0.1, 0.15) is 19.0 Å². The minimum atomic E-state index is -1.01. The van der Waals surface area contributed by atoms with Crippen molar-refractivity contribution in [2.24, 2.45) is 5.16 Å². The van der Waals surface area contributed by atoms with Crippen molar-refractivity contribution >= 4 is 5.71 Å². The molecule has 6 nitrogen and oxygen atoms in total. The van der Waals surface area contributed by atoms with Crippen LogP contribution >= 0.6 is 0 Å². The van der Waals surface area contributed by atoms with Crippen molar-refractivity contribution in [3.8, 4) is 0 Å². The van der Waals surface area contributed by atoms with E-state index in [1.165, 1.54) is 17.2 Å². The van der Waals surface area contributed by atoms with Crippen molar-refractivity contribution in [2.75, 3.05) is 26.4 Å². The molecule has 182 valence electrons. The van der Waals surface area contributed by atoms with Gasteiger partial charge in [0.2, 0.25) is 0 Å². The van der Waals surface area contributed by atoms with Gasteiger partial charge < -0.3 is 9.57 Å². The maximum Gasteiger partial charge on any atom is 0.159 e. The van der Waals surface area contributed by atoms with Crippen molar-refractivity contribution in [2.45, 2.75) is 31.6 Å². The van der Waals surface area contributed by atoms with E-state index < -0.39 is 18.3 Å². The second-order valence-electron chi connectivity index (χ2n) is 8.73. The van der Waals surface area contributed by atoms with Gasteiger partial charge in [-0.25, -0.2) is 13.2 Å². The third kappa shape index (κ3) is 4.92. The van der Waals surface area contributed by atoms with Crippen molar-refractivity contribution in [3.63, 3.8) is 0 Å². The predicted molar refractivity (Wildman–Crippen MR) is 123 cm³/mol. The van der Waals surface area contributed by atoms with Crippen molar-refractivity contribution in [1.29, 1.82) is 0 Å². The van der Waals surface area contributed by atoms with Gasteiger partial charge in [-0.2, -0.15) is 0 Å². The van der Waals surface area contributed by atoms with Crippen molar-refractivity contribution in [3.05, 3.63) is 94.6 Å². The number of nitrogens with zero attached hydrogens (tertiary/aromatic N) is 4. The number of halogens is 3. The van der Waals surface area contributed by atoms with Gasteiger partial charge in [-0.15, -0.1) is 0 Å². The molecule has 1 aromatic carbocycles. The molecule has 0 unspecified atom stereocenters. The van der Waals surface area contributed by atoms with Crippen molar-refractivity contribution in [1.82, 2.24) is 14.9 Å². The number of likely N-dealkylation sites (tertiary alicyclic amines) is 1. The molecule has 1 saturated heterocycles. The molecule has 0 aliphatic carbocycles. The highest BCUT2D eigenvalue weighted by Gasteiger charge is 2.42. The summed E-state index contributed by atoms with van der Waals surface area (Å²) in [6, 6.07) is 9.11. The summed E-state index contributed by atoms with van der Waals surface area (Å²) in [7, 11) is 0. The lowest BCUT2D eigenvalue weighted by Gasteiger charge is -2.39. The van der Waals surface area contributed by atoms with Crippen LogP contribution in [0.5, 0.6) is 0 Å². The van der Waals surface area contributed by atoms with E-state index in [9.17, 15) is 13.2 Å². The van der Waals surface area contributed by atoms with Gasteiger partial charge in [0.15, 0.2) is 11.6 Å². The van der Waals surface area contributed by atoms with Crippen molar-refractivity contribution < 1.29 is 22.7 Å². The second-order valence-corrected chi connectivity index (χ2v) is 8.73. The summed E-state index contributed by atoms with van der Waals surface area (Å²) in [6.07, 6.45) is 7.27. The Balaban J connectivity index is 1.27. The van der Waals surface area contributed by atoms with Crippen LogP contribution in [0.2, 0.25) is 0 Å². The molecule has 2 aliphatic rings. The Morgan fingerprint density at radius 1 is 1.09 bits per heavy atom. The standard InChI is InChI=1S/C26H25F3N4O2/c27-8-12-35-32-25(19-2-3-22(28)23(29)13-19)24-4-1-18(14-31-24)16-33-10-6-26(7-11-33)21-15-30-9-5-20(21)17-34-26/h1-5,9,13-15H,6-8,10-12,16-17H2/b32-25+. The number of hydrogen-bond donors (Lipinski definition) is 0. The number of hydrogen-bond acceptors (Lipinski definition) is 6. The number of rotatable bonds is 7. The largest absolute Gasteiger partial charge is 0.392 e. The van der Waals surface area contributed by atoms with Crippen LogP contribution in [0.3, 0.4) is 0 Å². The molecule has 5 rings (SSSR count). The lowest BCUT2D eigenvalue weighted by Crippen LogP contribution is -2.42. The fraction of sp³-hybridized carbons (Fsp3) is 0.346. The fourth-order valence-electron chi connectivity index (χ4n) is 4.69. The average Bonchev–Trinajstić information content (AvgIpc) is 3.24. The molecular formula is C26H25F3N4O2. The first kappa shape index (κ1) is 23.4. The Hall–Kier alpha value is -3.30. The van der Waals surface area contributed by atoms with Crippen LogP contribution in [0.4, 0.5) is 13.2 Å². The molecule has 2 aliphatic heterocycles. The monoisotopic (exact) mass is 482 g/mol. The molecule has 0 atom stereocenters. The van der Waals surface area contributed by atoms with E-state index in [1.54, 1.807) is 12.3 Å². The van der Waals surface area contributed by atoms with E-state index in [1.807, 2.05) is 24.5 Å². The van der Waals surface area contributed by atoms with Gasteiger partial charge in [0.05, 0.1) is 17.9 Å². The molecule has 0 saturated carbocycles. The first-order chi connectivity index (χ1) is 17.1. The summed E-state index contributed by atoms with van der Waals surface area (Å²) in [6.45, 7) is 2.17. The molecule has 2 aromatic heterocycles. The Morgan fingerprint density at radius 3 is 2.69 bits per heavy atom. The third-order valence-electron chi connectivity index (χ3n) is 6.56. The highest BCUT2D eigenvalue weighted by atomic mass is 19.2. The number of alkyl halides is 1. The normalized spacial score (nSPS) is 17.5. The second kappa shape index (κ2) is 10.1. The van der Waals surface area contributed by atoms with Crippen LogP contribution in [0.15, 0.2) is 60.1 Å². The average molecular weight is 483 g/mol. The molecule has 1 spiro atoms. The van der Waals surface area contributed by atoms with Gasteiger partial charge in [-0.05, 0) is 54.3 Å². The van der Waals surface area contributed by atoms with E-state index in [2.05, 4.69) is 20.0 Å². The zero-order chi connectivity index (χ0) is 24.3. The summed E-state index contributed by atoms with van der Waals surface area (Å²) in [5.74, 6) is -1.98. The summed E-state index contributed by atoms with van der Waals surface area (Å²) in [4.78, 5) is 16.1. The zero-order valence-electron chi connectivity index (χ0n) is 19.1. The number of ether oxygens (including phenoxy) is 1. The zero-order valence-corrected chi connectivity index (χ0v) is 19.1. The van der Waals surface area contributed by atoms with E-state index in [-0.39, 0.29) is 23.5 Å². The van der Waals surface area contributed by atoms with E-state index in [0.717, 1.165) is 50.2 Å². The summed E-state index contributed by atoms with van der Waals surface area (Å²) >= 11 is 0. The summed E-state index contributed by atoms with van der Waals surface area (Å²) < 4.78 is 45.9. The highest BCUT2D eigenvalue weighted by molar-refractivity contribution is 6.11. The molecule has 0 amide bonds. The third-order valence-corrected chi connectivity index (χ3v) is 6.56. The fourth-order valence-corrected chi connectivity index (χ4v) is 4.69. The van der Waals surface area contributed by atoms with Gasteiger partial charge in [0, 0.05) is 49.4 Å². The first-order valence-electron chi connectivity index (χ1n) is 11.5. The molecule has 0 radical (unpaired) electrons. The number of piperidine rings is 1. The molecule has 0 bridgehead atoms. The van der Waals surface area contributed by atoms with Crippen LogP contribution in [0.1, 0.15) is 40.8 Å². The number of aromatic nitrogens is 2. The quantitative estimate of drug-likeness (QED) is 0.282. The van der Waals surface area contributed by atoms with Gasteiger partial charge in [-0.3, -0.25) is 14.9 Å². The summed E-state index contributed by atoms with van der Waals surface area (Å²) in [5.41, 5.74) is 4.11. The van der Waals surface area contributed by atoms with E-state index in [4.69, 9.17) is 9.57 Å². The Morgan fingerprint density at radius 2 is 1.94 bits per heavy atom. The molecule has 4 heterocycles. The van der Waals surface area contributed by atoms with Gasteiger partial charge in [-0.1, -0.05) is 11.2 Å². The number of fused-ring (bicyclic) bond motifs is 2. The molecule has 9 heteroatoms. The lowest BCUT2D eigenvalue weighted by atomic mass is 9.84. The maximum absolute atomic E-state index is 13.8. The molecule has 35 heavy (non-hydrogen) atoms. The highest BCUT2D eigenvalue weighted by Crippen LogP contribution is 2.43. The number of oxime groups is 1. The van der Waals surface area contributed by atoms with Gasteiger partial charge in [0.25, 0.3) is 0 Å². The van der Waals surface area contributed by atoms with Crippen LogP contribution in [0.25, 0.3) is 0 Å². The molecular weight excluding hydrogens is 457 g/mol. The smallest absolute Gasteiger partial charge is 0.159 e. The number of pyridine rings is 2. The van der Waals surface area contributed by atoms with Crippen LogP contribution in [-0.4, -0.2) is 47.0 Å².